The van der Waals surface area contributed by atoms with E-state index in [1.807, 2.05) is 6.07 Å². The molecule has 18 heavy (non-hydrogen) atoms. The van der Waals surface area contributed by atoms with Crippen LogP contribution in [0.3, 0.4) is 0 Å². The van der Waals surface area contributed by atoms with Gasteiger partial charge in [0.25, 0.3) is 0 Å². The first kappa shape index (κ1) is 13.2. The highest BCUT2D eigenvalue weighted by Crippen LogP contribution is 2.29. The molecule has 0 saturated carbocycles. The second-order valence-corrected chi connectivity index (χ2v) is 5.51. The van der Waals surface area contributed by atoms with Gasteiger partial charge in [-0.15, -0.1) is 11.8 Å². The van der Waals surface area contributed by atoms with Crippen molar-refractivity contribution in [2.45, 2.75) is 4.90 Å². The Balaban J connectivity index is 1.95. The van der Waals surface area contributed by atoms with Crippen LogP contribution in [0.2, 0.25) is 0 Å². The van der Waals surface area contributed by atoms with Crippen LogP contribution in [0.25, 0.3) is 0 Å². The van der Waals surface area contributed by atoms with Crippen LogP contribution in [0.1, 0.15) is 0 Å². The van der Waals surface area contributed by atoms with E-state index in [-0.39, 0.29) is 18.3 Å². The Hall–Kier alpha value is -1.21. The smallest absolute Gasteiger partial charge is 0.416 e. The SMILES string of the molecule is Nc1ccc(SCC(=O)N2CCOC2=O)c(Br)c1. The molecular weight excluding hydrogens is 320 g/mol. The van der Waals surface area contributed by atoms with Gasteiger partial charge in [-0.1, -0.05) is 0 Å². The van der Waals surface area contributed by atoms with Gasteiger partial charge in [-0.25, -0.2) is 9.69 Å². The first-order valence-electron chi connectivity index (χ1n) is 5.23. The minimum atomic E-state index is -0.558. The van der Waals surface area contributed by atoms with Crippen LogP contribution in [0.5, 0.6) is 0 Å². The zero-order chi connectivity index (χ0) is 13.1. The molecule has 2 amide bonds. The zero-order valence-corrected chi connectivity index (χ0v) is 11.8. The van der Waals surface area contributed by atoms with E-state index in [4.69, 9.17) is 10.5 Å². The summed E-state index contributed by atoms with van der Waals surface area (Å²) < 4.78 is 5.55. The van der Waals surface area contributed by atoms with Crippen LogP contribution in [-0.2, 0) is 9.53 Å². The molecule has 0 spiro atoms. The Kier molecular flexibility index (Phi) is 4.13. The van der Waals surface area contributed by atoms with Crippen LogP contribution in [0, 0.1) is 0 Å². The first-order valence-corrected chi connectivity index (χ1v) is 7.01. The molecule has 1 aliphatic heterocycles. The molecule has 0 bridgehead atoms. The number of carbonyl (C=O) groups is 2. The molecule has 1 aromatic carbocycles. The molecule has 0 atom stereocenters. The fraction of sp³-hybridized carbons (Fsp3) is 0.273. The molecule has 7 heteroatoms. The number of carbonyl (C=O) groups excluding carboxylic acids is 2. The van der Waals surface area contributed by atoms with Gasteiger partial charge in [0.05, 0.1) is 12.3 Å². The van der Waals surface area contributed by atoms with Crippen molar-refractivity contribution in [1.29, 1.82) is 0 Å². The number of ether oxygens (including phenoxy) is 1. The lowest BCUT2D eigenvalue weighted by atomic mass is 10.3. The molecule has 5 nitrogen and oxygen atoms in total. The van der Waals surface area contributed by atoms with E-state index in [2.05, 4.69) is 15.9 Å². The third kappa shape index (κ3) is 2.97. The number of hydrogen-bond donors (Lipinski definition) is 1. The average Bonchev–Trinajstić information content (AvgIpc) is 2.74. The monoisotopic (exact) mass is 330 g/mol. The molecule has 2 N–H and O–H groups in total. The van der Waals surface area contributed by atoms with E-state index in [9.17, 15) is 9.59 Å². The standard InChI is InChI=1S/C11H11BrN2O3S/c12-8-5-7(13)1-2-9(8)18-6-10(15)14-3-4-17-11(14)16/h1-2,5H,3-4,6,13H2. The van der Waals surface area contributed by atoms with Gasteiger partial charge in [-0.3, -0.25) is 4.79 Å². The Morgan fingerprint density at radius 3 is 2.94 bits per heavy atom. The largest absolute Gasteiger partial charge is 0.447 e. The number of imide groups is 1. The van der Waals surface area contributed by atoms with E-state index < -0.39 is 6.09 Å². The molecule has 1 fully saturated rings. The van der Waals surface area contributed by atoms with Gasteiger partial charge >= 0.3 is 6.09 Å². The second kappa shape index (κ2) is 5.62. The Morgan fingerprint density at radius 1 is 1.56 bits per heavy atom. The maximum absolute atomic E-state index is 11.8. The van der Waals surface area contributed by atoms with Crippen molar-refractivity contribution in [1.82, 2.24) is 4.90 Å². The number of benzene rings is 1. The fourth-order valence-corrected chi connectivity index (χ4v) is 3.01. The zero-order valence-electron chi connectivity index (χ0n) is 9.39. The number of halogens is 1. The second-order valence-electron chi connectivity index (χ2n) is 3.64. The van der Waals surface area contributed by atoms with Gasteiger partial charge in [0.2, 0.25) is 5.91 Å². The lowest BCUT2D eigenvalue weighted by Crippen LogP contribution is -2.32. The topological polar surface area (TPSA) is 72.6 Å². The van der Waals surface area contributed by atoms with Crippen molar-refractivity contribution in [3.63, 3.8) is 0 Å². The summed E-state index contributed by atoms with van der Waals surface area (Å²) in [5.41, 5.74) is 6.28. The number of nitrogens with two attached hydrogens (primary N) is 1. The van der Waals surface area contributed by atoms with Crippen LogP contribution in [0.15, 0.2) is 27.6 Å². The molecule has 0 unspecified atom stereocenters. The highest BCUT2D eigenvalue weighted by atomic mass is 79.9. The normalized spacial score (nSPS) is 14.7. The predicted molar refractivity (Wildman–Crippen MR) is 72.3 cm³/mol. The summed E-state index contributed by atoms with van der Waals surface area (Å²) in [6, 6.07) is 5.37. The Morgan fingerprint density at radius 2 is 2.33 bits per heavy atom. The number of thioether (sulfide) groups is 1. The van der Waals surface area contributed by atoms with Crippen molar-refractivity contribution in [2.75, 3.05) is 24.6 Å². The maximum Gasteiger partial charge on any atom is 0.416 e. The molecule has 1 aliphatic rings. The van der Waals surface area contributed by atoms with Gasteiger partial charge in [0, 0.05) is 15.1 Å². The number of amides is 2. The van der Waals surface area contributed by atoms with Gasteiger partial charge in [0.15, 0.2) is 0 Å². The summed E-state index contributed by atoms with van der Waals surface area (Å²) >= 11 is 4.73. The molecule has 2 rings (SSSR count). The molecule has 1 aromatic rings. The third-order valence-corrected chi connectivity index (χ3v) is 4.35. The molecule has 0 radical (unpaired) electrons. The Bertz CT molecular complexity index is 495. The van der Waals surface area contributed by atoms with Crippen molar-refractivity contribution < 1.29 is 14.3 Å². The highest BCUT2D eigenvalue weighted by Gasteiger charge is 2.28. The molecule has 0 aliphatic carbocycles. The molecule has 1 saturated heterocycles. The van der Waals surface area contributed by atoms with Gasteiger partial charge in [-0.05, 0) is 34.1 Å². The van der Waals surface area contributed by atoms with Crippen molar-refractivity contribution >= 4 is 45.4 Å². The maximum atomic E-state index is 11.8. The van der Waals surface area contributed by atoms with E-state index >= 15 is 0 Å². The van der Waals surface area contributed by atoms with Crippen LogP contribution < -0.4 is 5.73 Å². The average molecular weight is 331 g/mol. The van der Waals surface area contributed by atoms with Gasteiger partial charge in [0.1, 0.15) is 6.61 Å². The quantitative estimate of drug-likeness (QED) is 0.678. The summed E-state index contributed by atoms with van der Waals surface area (Å²) in [6.45, 7) is 0.613. The number of nitrogen functional groups attached to an aromatic ring is 1. The molecule has 96 valence electrons. The summed E-state index contributed by atoms with van der Waals surface area (Å²) in [5, 5.41) is 0. The van der Waals surface area contributed by atoms with E-state index in [0.29, 0.717) is 12.2 Å². The number of nitrogens with zero attached hydrogens (tertiary/aromatic N) is 1. The Labute approximate surface area is 117 Å². The van der Waals surface area contributed by atoms with Crippen LogP contribution >= 0.6 is 27.7 Å². The minimum Gasteiger partial charge on any atom is -0.447 e. The number of rotatable bonds is 3. The van der Waals surface area contributed by atoms with Crippen LogP contribution in [-0.4, -0.2) is 35.8 Å². The summed E-state index contributed by atoms with van der Waals surface area (Å²) in [5.74, 6) is -0.0522. The van der Waals surface area contributed by atoms with Gasteiger partial charge in [-0.2, -0.15) is 0 Å². The van der Waals surface area contributed by atoms with Gasteiger partial charge < -0.3 is 10.5 Å². The number of cyclic esters (lactones) is 1. The summed E-state index contributed by atoms with van der Waals surface area (Å²) in [4.78, 5) is 25.0. The van der Waals surface area contributed by atoms with E-state index in [0.717, 1.165) is 14.3 Å². The highest BCUT2D eigenvalue weighted by molar-refractivity contribution is 9.10. The number of anilines is 1. The van der Waals surface area contributed by atoms with Crippen molar-refractivity contribution in [3.05, 3.63) is 22.7 Å². The molecule has 0 aromatic heterocycles. The predicted octanol–water partition coefficient (Wildman–Crippen LogP) is 2.10. The summed E-state index contributed by atoms with van der Waals surface area (Å²) in [7, 11) is 0. The third-order valence-electron chi connectivity index (χ3n) is 2.37. The lowest BCUT2D eigenvalue weighted by Gasteiger charge is -2.10. The first-order chi connectivity index (χ1) is 8.58. The lowest BCUT2D eigenvalue weighted by molar-refractivity contribution is -0.124. The minimum absolute atomic E-state index is 0.192. The summed E-state index contributed by atoms with van der Waals surface area (Å²) in [6.07, 6.45) is -0.558. The van der Waals surface area contributed by atoms with E-state index in [1.165, 1.54) is 11.8 Å². The number of hydrogen-bond acceptors (Lipinski definition) is 5. The molecular formula is C11H11BrN2O3S. The fourth-order valence-electron chi connectivity index (χ4n) is 1.47. The van der Waals surface area contributed by atoms with Crippen molar-refractivity contribution in [3.8, 4) is 0 Å². The van der Waals surface area contributed by atoms with Crippen LogP contribution in [0.4, 0.5) is 10.5 Å². The molecule has 1 heterocycles. The van der Waals surface area contributed by atoms with E-state index in [1.54, 1.807) is 12.1 Å². The van der Waals surface area contributed by atoms with Crippen molar-refractivity contribution in [2.24, 2.45) is 0 Å².